The lowest BCUT2D eigenvalue weighted by atomic mass is 10.0. The van der Waals surface area contributed by atoms with E-state index < -0.39 is 43.7 Å². The van der Waals surface area contributed by atoms with Crippen molar-refractivity contribution >= 4 is 12.1 Å². The van der Waals surface area contributed by atoms with Crippen LogP contribution in [0.25, 0.3) is 0 Å². The summed E-state index contributed by atoms with van der Waals surface area (Å²) in [5.41, 5.74) is 2.07. The van der Waals surface area contributed by atoms with E-state index in [9.17, 15) is 15.0 Å². The van der Waals surface area contributed by atoms with Gasteiger partial charge in [0.15, 0.2) is 0 Å². The van der Waals surface area contributed by atoms with E-state index >= 15 is 0 Å². The van der Waals surface area contributed by atoms with E-state index in [-0.39, 0.29) is 17.5 Å². The molecule has 2 aromatic carbocycles. The number of amides is 1. The predicted molar refractivity (Wildman–Crippen MR) is 135 cm³/mol. The number of aliphatic hydroxyl groups excluding tert-OH is 7. The van der Waals surface area contributed by atoms with Gasteiger partial charge in [-0.05, 0) is 48.7 Å². The van der Waals surface area contributed by atoms with Gasteiger partial charge in [0.1, 0.15) is 35.9 Å². The number of methoxy groups -OCH3 is 1. The van der Waals surface area contributed by atoms with Crippen molar-refractivity contribution in [3.05, 3.63) is 53.6 Å². The minimum atomic E-state index is -1.67. The number of phenols is 1. The van der Waals surface area contributed by atoms with Crippen LogP contribution in [-0.2, 0) is 11.2 Å². The molecule has 12 nitrogen and oxygen atoms in total. The van der Waals surface area contributed by atoms with Crippen LogP contribution in [-0.4, -0.2) is 105 Å². The number of anilines is 1. The molecule has 2 aromatic rings. The van der Waals surface area contributed by atoms with E-state index in [1.807, 2.05) is 31.2 Å². The fourth-order valence-corrected chi connectivity index (χ4v) is 3.23. The first kappa shape index (κ1) is 32.2. The summed E-state index contributed by atoms with van der Waals surface area (Å²) in [6.07, 6.45) is -5.83. The lowest BCUT2D eigenvalue weighted by Gasteiger charge is -2.24. The first-order chi connectivity index (χ1) is 17.6. The minimum absolute atomic E-state index is 0.0381. The maximum atomic E-state index is 10.5. The van der Waals surface area contributed by atoms with Gasteiger partial charge in [0.2, 0.25) is 6.41 Å². The van der Waals surface area contributed by atoms with Gasteiger partial charge >= 0.3 is 0 Å². The Morgan fingerprint density at radius 2 is 1.49 bits per heavy atom. The van der Waals surface area contributed by atoms with Crippen molar-refractivity contribution in [2.75, 3.05) is 32.2 Å². The zero-order valence-corrected chi connectivity index (χ0v) is 20.8. The number of rotatable bonds is 14. The van der Waals surface area contributed by atoms with E-state index in [0.717, 1.165) is 12.2 Å². The highest BCUT2D eigenvalue weighted by molar-refractivity contribution is 5.75. The Balaban J connectivity index is 0.000000482. The van der Waals surface area contributed by atoms with Gasteiger partial charge < -0.3 is 56.2 Å². The maximum absolute atomic E-state index is 10.5. The maximum Gasteiger partial charge on any atom is 0.211 e. The number of hydrogen-bond acceptors (Lipinski definition) is 11. The van der Waals surface area contributed by atoms with E-state index in [2.05, 4.69) is 10.6 Å². The molecule has 37 heavy (non-hydrogen) atoms. The molecule has 2 rings (SSSR count). The van der Waals surface area contributed by atoms with Gasteiger partial charge in [0.05, 0.1) is 32.1 Å². The number of aromatic hydroxyl groups is 1. The van der Waals surface area contributed by atoms with Crippen LogP contribution in [0.5, 0.6) is 11.5 Å². The molecule has 10 N–H and O–H groups in total. The summed E-state index contributed by atoms with van der Waals surface area (Å²) in [4.78, 5) is 10.5. The van der Waals surface area contributed by atoms with Crippen LogP contribution in [0.4, 0.5) is 5.69 Å². The van der Waals surface area contributed by atoms with Gasteiger partial charge in [-0.25, -0.2) is 0 Å². The average Bonchev–Trinajstić information content (AvgIpc) is 2.92. The molecule has 0 aliphatic carbocycles. The molecule has 0 fully saturated rings. The Bertz CT molecular complexity index is 901. The summed E-state index contributed by atoms with van der Waals surface area (Å²) in [5, 5.41) is 77.8. The van der Waals surface area contributed by atoms with Crippen LogP contribution in [0.1, 0.15) is 24.2 Å². The number of aliphatic hydroxyl groups is 7. The van der Waals surface area contributed by atoms with Gasteiger partial charge in [-0.1, -0.05) is 18.2 Å². The van der Waals surface area contributed by atoms with Gasteiger partial charge in [-0.2, -0.15) is 0 Å². The molecule has 12 heteroatoms. The van der Waals surface area contributed by atoms with Crippen molar-refractivity contribution in [1.29, 1.82) is 0 Å². The first-order valence-corrected chi connectivity index (χ1v) is 11.6. The number of hydrogen-bond donors (Lipinski definition) is 10. The molecule has 0 aliphatic heterocycles. The molecule has 0 radical (unpaired) electrons. The fourth-order valence-electron chi connectivity index (χ4n) is 3.23. The number of nitrogens with one attached hydrogen (secondary N) is 2. The van der Waals surface area contributed by atoms with Crippen LogP contribution in [0.15, 0.2) is 42.5 Å². The predicted octanol–water partition coefficient (Wildman–Crippen LogP) is -1.36. The molecular weight excluding hydrogens is 488 g/mol. The summed E-state index contributed by atoms with van der Waals surface area (Å²) < 4.78 is 5.14. The molecule has 208 valence electrons. The topological polar surface area (TPSA) is 212 Å². The molecule has 0 unspecified atom stereocenters. The number of benzene rings is 2. The lowest BCUT2D eigenvalue weighted by Crippen LogP contribution is -2.46. The summed E-state index contributed by atoms with van der Waals surface area (Å²) >= 11 is 0. The smallest absolute Gasteiger partial charge is 0.211 e. The van der Waals surface area contributed by atoms with Gasteiger partial charge in [-0.15, -0.1) is 0 Å². The average molecular weight is 527 g/mol. The van der Waals surface area contributed by atoms with Crippen molar-refractivity contribution in [2.24, 2.45) is 0 Å². The second-order valence-electron chi connectivity index (χ2n) is 8.40. The second-order valence-corrected chi connectivity index (χ2v) is 8.40. The van der Waals surface area contributed by atoms with E-state index in [4.69, 9.17) is 35.4 Å². The van der Waals surface area contributed by atoms with Crippen molar-refractivity contribution < 1.29 is 50.4 Å². The van der Waals surface area contributed by atoms with Crippen LogP contribution in [0.3, 0.4) is 0 Å². The molecule has 0 heterocycles. The summed E-state index contributed by atoms with van der Waals surface area (Å²) in [5.74, 6) is 0.788. The SMILES string of the molecule is COc1ccc(C[C@@H](C)NC[C@H](O)c2ccc(O)c(NC=O)c2)cc1.OC[C@@H](O)[C@@H](O)[C@H](O)[C@H](O)CO. The number of phenolic OH excluding ortho intramolecular Hbond substituents is 1. The van der Waals surface area contributed by atoms with Gasteiger partial charge in [0, 0.05) is 12.6 Å². The highest BCUT2D eigenvalue weighted by atomic mass is 16.5. The Labute approximate surface area is 215 Å². The second kappa shape index (κ2) is 16.8. The van der Waals surface area contributed by atoms with E-state index in [1.165, 1.54) is 11.6 Å². The van der Waals surface area contributed by atoms with Crippen molar-refractivity contribution in [3.8, 4) is 11.5 Å². The van der Waals surface area contributed by atoms with Crippen molar-refractivity contribution in [2.45, 2.75) is 49.9 Å². The van der Waals surface area contributed by atoms with Gasteiger partial charge in [-0.3, -0.25) is 4.79 Å². The quantitative estimate of drug-likeness (QED) is 0.103. The monoisotopic (exact) mass is 526 g/mol. The molecule has 0 aliphatic rings. The molecule has 1 amide bonds. The Kier molecular flexibility index (Phi) is 14.7. The third-order valence-electron chi connectivity index (χ3n) is 5.49. The molecule has 6 atom stereocenters. The van der Waals surface area contributed by atoms with Crippen LogP contribution in [0, 0.1) is 0 Å². The Morgan fingerprint density at radius 1 is 0.919 bits per heavy atom. The van der Waals surface area contributed by atoms with Crippen LogP contribution < -0.4 is 15.4 Å². The molecule has 0 aromatic heterocycles. The zero-order chi connectivity index (χ0) is 28.0. The largest absolute Gasteiger partial charge is 0.506 e. The first-order valence-electron chi connectivity index (χ1n) is 11.6. The molecule has 0 bridgehead atoms. The standard InChI is InChI=1S/C19H24N2O4.C6H14O6/c1-13(9-14-3-6-16(25-2)7-4-14)20-11-19(24)15-5-8-18(23)17(10-15)21-12-22;7-1-3(9)5(11)6(12)4(10)2-8/h3-8,10,12-13,19-20,23-24H,9,11H2,1-2H3,(H,21,22);3-12H,1-2H2/t13-,19+;3-,4-,5-,6-/m11/s1. The van der Waals surface area contributed by atoms with E-state index in [1.54, 1.807) is 19.2 Å². The lowest BCUT2D eigenvalue weighted by molar-refractivity contribution is -0.123. The van der Waals surface area contributed by atoms with E-state index in [0.29, 0.717) is 18.5 Å². The number of carbonyl (C=O) groups is 1. The van der Waals surface area contributed by atoms with Gasteiger partial charge in [0.25, 0.3) is 0 Å². The summed E-state index contributed by atoms with van der Waals surface area (Å²) in [6, 6.07) is 12.7. The highest BCUT2D eigenvalue weighted by Gasteiger charge is 2.29. The molecule has 0 saturated carbocycles. The third-order valence-corrected chi connectivity index (χ3v) is 5.49. The Hall–Kier alpha value is -2.81. The third kappa shape index (κ3) is 11.0. The fraction of sp³-hybridized carbons (Fsp3) is 0.480. The normalized spacial score (nSPS) is 15.8. The minimum Gasteiger partial charge on any atom is -0.506 e. The van der Waals surface area contributed by atoms with Crippen molar-refractivity contribution in [1.82, 2.24) is 5.32 Å². The summed E-state index contributed by atoms with van der Waals surface area (Å²) in [7, 11) is 1.64. The molecular formula is C25H38N2O10. The zero-order valence-electron chi connectivity index (χ0n) is 20.8. The Morgan fingerprint density at radius 3 is 1.97 bits per heavy atom. The molecule has 0 spiro atoms. The van der Waals surface area contributed by atoms with Crippen LogP contribution >= 0.6 is 0 Å². The van der Waals surface area contributed by atoms with Crippen molar-refractivity contribution in [3.63, 3.8) is 0 Å². The number of ether oxygens (including phenoxy) is 1. The molecule has 0 saturated heterocycles. The van der Waals surface area contributed by atoms with Crippen LogP contribution in [0.2, 0.25) is 0 Å². The summed E-state index contributed by atoms with van der Waals surface area (Å²) in [6.45, 7) is 0.961. The highest BCUT2D eigenvalue weighted by Crippen LogP contribution is 2.26. The number of carbonyl (C=O) groups excluding carboxylic acids is 1.